The third-order valence-electron chi connectivity index (χ3n) is 10.0. The van der Waals surface area contributed by atoms with E-state index in [1.165, 1.54) is 38.5 Å². The van der Waals surface area contributed by atoms with Crippen molar-refractivity contribution in [2.75, 3.05) is 47.5 Å². The van der Waals surface area contributed by atoms with Crippen LogP contribution in [0.5, 0.6) is 0 Å². The fourth-order valence-electron chi connectivity index (χ4n) is 6.13. The molecule has 0 rings (SSSR count). The van der Waals surface area contributed by atoms with Gasteiger partial charge >= 0.3 is 11.9 Å². The third kappa shape index (κ3) is 49.9. The van der Waals surface area contributed by atoms with Crippen LogP contribution >= 0.6 is 7.82 Å². The number of allylic oxidation sites excluding steroid dienone is 18. The highest BCUT2D eigenvalue weighted by Crippen LogP contribution is 2.38. The zero-order valence-electron chi connectivity index (χ0n) is 41.6. The standard InChI is InChI=1S/C55H92NO8P/c1-6-8-10-12-14-16-18-20-22-23-24-25-26-27-28-29-30-31-32-33-34-36-38-40-42-44-46-48-55(58)64-53(52-63-65(59,60)62-50-49-56(3,4)5)51-61-54(57)47-45-43-41-39-37-35-21-19-17-15-13-11-9-7-2/h8,10,14,16,19-22,24-25,27-28,30-31,33-34,38,40,53H,6-7,9,11-13,15,17-18,23,26,29,32,35-37,39,41-52H2,1-5H3/b10-8-,16-14-,21-19-,22-20-,25-24-,28-27-,31-30-,34-33-,40-38-. The summed E-state index contributed by atoms with van der Waals surface area (Å²) < 4.78 is 33.9. The Labute approximate surface area is 397 Å². The second-order valence-electron chi connectivity index (χ2n) is 17.4. The van der Waals surface area contributed by atoms with Gasteiger partial charge in [-0.05, 0) is 103 Å². The second kappa shape index (κ2) is 45.8. The number of ether oxygens (including phenoxy) is 2. The number of likely N-dealkylation sites (N-methyl/N-ethyl adjacent to an activating group) is 1. The van der Waals surface area contributed by atoms with E-state index in [2.05, 4.69) is 123 Å². The lowest BCUT2D eigenvalue weighted by Crippen LogP contribution is -2.37. The first-order valence-electron chi connectivity index (χ1n) is 25.1. The molecular weight excluding hydrogens is 834 g/mol. The summed E-state index contributed by atoms with van der Waals surface area (Å²) in [7, 11) is 1.11. The molecule has 65 heavy (non-hydrogen) atoms. The monoisotopic (exact) mass is 926 g/mol. The van der Waals surface area contributed by atoms with Crippen LogP contribution in [0.15, 0.2) is 109 Å². The van der Waals surface area contributed by atoms with E-state index in [4.69, 9.17) is 18.5 Å². The molecule has 0 saturated heterocycles. The highest BCUT2D eigenvalue weighted by Gasteiger charge is 2.21. The van der Waals surface area contributed by atoms with Crippen LogP contribution in [0.3, 0.4) is 0 Å². The minimum absolute atomic E-state index is 0.0470. The lowest BCUT2D eigenvalue weighted by Gasteiger charge is -2.28. The van der Waals surface area contributed by atoms with E-state index in [-0.39, 0.29) is 26.1 Å². The number of esters is 2. The number of phosphoric ester groups is 1. The number of carbonyl (C=O) groups is 2. The van der Waals surface area contributed by atoms with Crippen LogP contribution in [0, 0.1) is 0 Å². The van der Waals surface area contributed by atoms with E-state index in [0.717, 1.165) is 96.3 Å². The topological polar surface area (TPSA) is 111 Å². The molecule has 0 saturated carbocycles. The Morgan fingerprint density at radius 1 is 0.492 bits per heavy atom. The Balaban J connectivity index is 4.39. The lowest BCUT2D eigenvalue weighted by molar-refractivity contribution is -0.870. The molecular formula is C55H92NO8P. The van der Waals surface area contributed by atoms with Crippen molar-refractivity contribution in [2.24, 2.45) is 0 Å². The van der Waals surface area contributed by atoms with E-state index in [9.17, 15) is 19.0 Å². The largest absolute Gasteiger partial charge is 0.756 e. The van der Waals surface area contributed by atoms with Gasteiger partial charge in [0, 0.05) is 12.8 Å². The summed E-state index contributed by atoms with van der Waals surface area (Å²) in [6.07, 6.45) is 62.7. The smallest absolute Gasteiger partial charge is 0.306 e. The molecule has 0 heterocycles. The van der Waals surface area contributed by atoms with Crippen molar-refractivity contribution >= 4 is 19.8 Å². The third-order valence-corrected chi connectivity index (χ3v) is 11.0. The van der Waals surface area contributed by atoms with Crippen molar-refractivity contribution in [3.8, 4) is 0 Å². The molecule has 0 aromatic rings. The number of hydrogen-bond acceptors (Lipinski definition) is 8. The van der Waals surface area contributed by atoms with Crippen molar-refractivity contribution < 1.29 is 42.1 Å². The van der Waals surface area contributed by atoms with E-state index in [0.29, 0.717) is 23.9 Å². The van der Waals surface area contributed by atoms with Crippen molar-refractivity contribution in [2.45, 2.75) is 180 Å². The quantitative estimate of drug-likeness (QED) is 0.0195. The molecule has 370 valence electrons. The van der Waals surface area contributed by atoms with Crippen LogP contribution in [0.25, 0.3) is 0 Å². The summed E-state index contributed by atoms with van der Waals surface area (Å²) in [4.78, 5) is 37.6. The predicted molar refractivity (Wildman–Crippen MR) is 272 cm³/mol. The lowest BCUT2D eigenvalue weighted by atomic mass is 10.1. The average Bonchev–Trinajstić information content (AvgIpc) is 3.26. The normalized spacial score (nSPS) is 14.4. The molecule has 2 unspecified atom stereocenters. The predicted octanol–water partition coefficient (Wildman–Crippen LogP) is 14.4. The second-order valence-corrected chi connectivity index (χ2v) is 18.9. The summed E-state index contributed by atoms with van der Waals surface area (Å²) >= 11 is 0. The molecule has 0 radical (unpaired) electrons. The number of quaternary nitrogens is 1. The zero-order valence-corrected chi connectivity index (χ0v) is 42.5. The van der Waals surface area contributed by atoms with Gasteiger partial charge in [0.05, 0.1) is 27.7 Å². The number of unbranched alkanes of at least 4 members (excludes halogenated alkanes) is 12. The Kier molecular flexibility index (Phi) is 43.5. The molecule has 0 aliphatic carbocycles. The Morgan fingerprint density at radius 3 is 1.35 bits per heavy atom. The van der Waals surface area contributed by atoms with Crippen LogP contribution in [0.4, 0.5) is 0 Å². The maximum Gasteiger partial charge on any atom is 0.306 e. The molecule has 2 atom stereocenters. The molecule has 0 amide bonds. The first-order chi connectivity index (χ1) is 31.5. The maximum absolute atomic E-state index is 12.7. The summed E-state index contributed by atoms with van der Waals surface area (Å²) in [5.74, 6) is -0.905. The average molecular weight is 926 g/mol. The van der Waals surface area contributed by atoms with Gasteiger partial charge in [0.2, 0.25) is 0 Å². The summed E-state index contributed by atoms with van der Waals surface area (Å²) in [6, 6.07) is 0. The highest BCUT2D eigenvalue weighted by molar-refractivity contribution is 7.45. The van der Waals surface area contributed by atoms with Crippen LogP contribution < -0.4 is 4.89 Å². The van der Waals surface area contributed by atoms with Crippen LogP contribution in [-0.4, -0.2) is 70.0 Å². The van der Waals surface area contributed by atoms with Gasteiger partial charge in [-0.2, -0.15) is 0 Å². The highest BCUT2D eigenvalue weighted by atomic mass is 31.2. The molecule has 0 bridgehead atoms. The summed E-state index contributed by atoms with van der Waals surface area (Å²) in [5, 5.41) is 0. The first kappa shape index (κ1) is 61.7. The molecule has 0 fully saturated rings. The maximum atomic E-state index is 12.7. The number of phosphoric acid groups is 1. The molecule has 0 aliphatic heterocycles. The zero-order chi connectivity index (χ0) is 47.8. The number of rotatable bonds is 44. The molecule has 9 nitrogen and oxygen atoms in total. The minimum Gasteiger partial charge on any atom is -0.756 e. The fourth-order valence-corrected chi connectivity index (χ4v) is 6.86. The SMILES string of the molecule is CC/C=C\C/C=C\C/C=C\C/C=C\C/C=C\C/C=C\C/C=C\C/C=C\CCCCC(=O)OC(COC(=O)CCCCCCC/C=C\CCCCCCC)COP(=O)([O-])OCC[N+](C)(C)C. The Bertz CT molecular complexity index is 1470. The number of nitrogens with zero attached hydrogens (tertiary/aromatic N) is 1. The molecule has 0 N–H and O–H groups in total. The van der Waals surface area contributed by atoms with Gasteiger partial charge in [-0.15, -0.1) is 0 Å². The molecule has 10 heteroatoms. The fraction of sp³-hybridized carbons (Fsp3) is 0.636. The Morgan fingerprint density at radius 2 is 0.877 bits per heavy atom. The van der Waals surface area contributed by atoms with Crippen LogP contribution in [0.1, 0.15) is 174 Å². The van der Waals surface area contributed by atoms with Crippen molar-refractivity contribution in [3.05, 3.63) is 109 Å². The van der Waals surface area contributed by atoms with E-state index < -0.39 is 32.5 Å². The molecule has 0 aromatic heterocycles. The van der Waals surface area contributed by atoms with E-state index in [1.54, 1.807) is 0 Å². The van der Waals surface area contributed by atoms with E-state index in [1.807, 2.05) is 21.1 Å². The van der Waals surface area contributed by atoms with Gasteiger partial charge in [0.25, 0.3) is 7.82 Å². The molecule has 0 spiro atoms. The minimum atomic E-state index is -4.65. The molecule has 0 aliphatic rings. The van der Waals surface area contributed by atoms with Gasteiger partial charge in [-0.3, -0.25) is 14.2 Å². The molecule has 0 aromatic carbocycles. The van der Waals surface area contributed by atoms with Crippen LogP contribution in [-0.2, 0) is 32.7 Å². The van der Waals surface area contributed by atoms with Gasteiger partial charge in [0.1, 0.15) is 19.8 Å². The van der Waals surface area contributed by atoms with Gasteiger partial charge in [0.15, 0.2) is 6.10 Å². The van der Waals surface area contributed by atoms with Gasteiger partial charge in [-0.25, -0.2) is 0 Å². The van der Waals surface area contributed by atoms with Gasteiger partial charge < -0.3 is 27.9 Å². The number of hydrogen-bond donors (Lipinski definition) is 0. The van der Waals surface area contributed by atoms with E-state index >= 15 is 0 Å². The van der Waals surface area contributed by atoms with Crippen molar-refractivity contribution in [1.82, 2.24) is 0 Å². The summed E-state index contributed by atoms with van der Waals surface area (Å²) in [5.41, 5.74) is 0. The first-order valence-corrected chi connectivity index (χ1v) is 26.6. The Hall–Kier alpha value is -3.33. The van der Waals surface area contributed by atoms with Crippen molar-refractivity contribution in [3.63, 3.8) is 0 Å². The van der Waals surface area contributed by atoms with Crippen LogP contribution in [0.2, 0.25) is 0 Å². The van der Waals surface area contributed by atoms with Crippen molar-refractivity contribution in [1.29, 1.82) is 0 Å². The summed E-state index contributed by atoms with van der Waals surface area (Å²) in [6.45, 7) is 4.02. The number of carbonyl (C=O) groups excluding carboxylic acids is 2. The van der Waals surface area contributed by atoms with Gasteiger partial charge in [-0.1, -0.05) is 168 Å².